The van der Waals surface area contributed by atoms with E-state index in [1.54, 1.807) is 30.3 Å². The summed E-state index contributed by atoms with van der Waals surface area (Å²) in [6, 6.07) is 20.1. The molecule has 0 aromatic heterocycles. The smallest absolute Gasteiger partial charge is 0.270 e. The first kappa shape index (κ1) is 24.1. The van der Waals surface area contributed by atoms with Crippen LogP contribution >= 0.6 is 24.0 Å². The molecule has 0 saturated carbocycles. The third kappa shape index (κ3) is 5.73. The first-order valence-electron chi connectivity index (χ1n) is 10.4. The van der Waals surface area contributed by atoms with Crippen molar-refractivity contribution < 1.29 is 19.2 Å². The maximum absolute atomic E-state index is 12.9. The molecule has 2 amide bonds. The normalized spacial score (nSPS) is 14.3. The second kappa shape index (κ2) is 10.5. The number of hydrogen-bond donors (Lipinski definition) is 1. The van der Waals surface area contributed by atoms with Gasteiger partial charge in [-0.15, -0.1) is 0 Å². The van der Waals surface area contributed by atoms with Gasteiger partial charge in [0.15, 0.2) is 10.9 Å². The molecular formula is C25H19N3O5S2. The molecule has 1 N–H and O–H groups in total. The first-order chi connectivity index (χ1) is 16.8. The average molecular weight is 506 g/mol. The maximum Gasteiger partial charge on any atom is 0.270 e. The zero-order valence-corrected chi connectivity index (χ0v) is 20.1. The summed E-state index contributed by atoms with van der Waals surface area (Å²) in [7, 11) is 0. The summed E-state index contributed by atoms with van der Waals surface area (Å²) < 4.78 is 5.90. The summed E-state index contributed by atoms with van der Waals surface area (Å²) in [5.41, 5.74) is 2.86. The summed E-state index contributed by atoms with van der Waals surface area (Å²) in [5.74, 6) is -0.0548. The maximum atomic E-state index is 12.9. The van der Waals surface area contributed by atoms with Gasteiger partial charge < -0.3 is 10.1 Å². The molecule has 4 rings (SSSR count). The van der Waals surface area contributed by atoms with Crippen LogP contribution in [0.4, 0.5) is 17.1 Å². The van der Waals surface area contributed by atoms with Crippen LogP contribution < -0.4 is 15.0 Å². The van der Waals surface area contributed by atoms with E-state index in [2.05, 4.69) is 5.32 Å². The van der Waals surface area contributed by atoms with Crippen LogP contribution in [0.5, 0.6) is 5.75 Å². The molecule has 176 valence electrons. The fourth-order valence-electron chi connectivity index (χ4n) is 3.27. The van der Waals surface area contributed by atoms with Crippen LogP contribution in [0.25, 0.3) is 6.08 Å². The SMILES string of the molecule is Cc1ccccc1NC(=O)COc1ccc(/C=C2/SC(=S)N(c3ccc([N+](=O)[O-])cc3)C2=O)cc1. The summed E-state index contributed by atoms with van der Waals surface area (Å²) >= 11 is 6.50. The van der Waals surface area contributed by atoms with Crippen molar-refractivity contribution in [1.82, 2.24) is 0 Å². The van der Waals surface area contributed by atoms with Crippen molar-refractivity contribution in [2.45, 2.75) is 6.92 Å². The largest absolute Gasteiger partial charge is 0.484 e. The van der Waals surface area contributed by atoms with Gasteiger partial charge in [-0.3, -0.25) is 24.6 Å². The number of amides is 2. The topological polar surface area (TPSA) is 102 Å². The lowest BCUT2D eigenvalue weighted by molar-refractivity contribution is -0.384. The Bertz CT molecular complexity index is 1340. The number of thioether (sulfide) groups is 1. The number of anilines is 2. The molecule has 0 bridgehead atoms. The van der Waals surface area contributed by atoms with Gasteiger partial charge in [0, 0.05) is 17.8 Å². The molecular weight excluding hydrogens is 486 g/mol. The molecule has 1 saturated heterocycles. The van der Waals surface area contributed by atoms with Crippen molar-refractivity contribution >= 4 is 63.3 Å². The first-order valence-corrected chi connectivity index (χ1v) is 11.6. The monoisotopic (exact) mass is 505 g/mol. The zero-order chi connectivity index (χ0) is 24.9. The Kier molecular flexibility index (Phi) is 7.23. The van der Waals surface area contributed by atoms with Crippen LogP contribution in [0.3, 0.4) is 0 Å². The minimum Gasteiger partial charge on any atom is -0.484 e. The quantitative estimate of drug-likeness (QED) is 0.200. The molecule has 0 aliphatic carbocycles. The highest BCUT2D eigenvalue weighted by molar-refractivity contribution is 8.27. The van der Waals surface area contributed by atoms with E-state index in [0.29, 0.717) is 20.7 Å². The predicted molar refractivity (Wildman–Crippen MR) is 140 cm³/mol. The Hall–Kier alpha value is -4.02. The lowest BCUT2D eigenvalue weighted by atomic mass is 10.2. The van der Waals surface area contributed by atoms with Crippen molar-refractivity contribution in [3.63, 3.8) is 0 Å². The number of non-ortho nitro benzene ring substituents is 1. The van der Waals surface area contributed by atoms with Crippen molar-refractivity contribution in [2.75, 3.05) is 16.8 Å². The third-order valence-corrected chi connectivity index (χ3v) is 6.38. The van der Waals surface area contributed by atoms with Crippen LogP contribution in [0.15, 0.2) is 77.7 Å². The lowest BCUT2D eigenvalue weighted by Gasteiger charge is -2.13. The third-order valence-electron chi connectivity index (χ3n) is 5.08. The highest BCUT2D eigenvalue weighted by Crippen LogP contribution is 2.36. The number of aryl methyl sites for hydroxylation is 1. The summed E-state index contributed by atoms with van der Waals surface area (Å²) in [6.45, 7) is 1.77. The van der Waals surface area contributed by atoms with Crippen molar-refractivity contribution in [3.05, 3.63) is 98.9 Å². The molecule has 10 heteroatoms. The second-order valence-corrected chi connectivity index (χ2v) is 9.19. The van der Waals surface area contributed by atoms with Gasteiger partial charge in [0.2, 0.25) is 0 Å². The molecule has 1 aliphatic rings. The Morgan fingerprint density at radius 2 is 1.80 bits per heavy atom. The van der Waals surface area contributed by atoms with Crippen LogP contribution in [-0.4, -0.2) is 27.7 Å². The summed E-state index contributed by atoms with van der Waals surface area (Å²) in [6.07, 6.45) is 1.71. The van der Waals surface area contributed by atoms with E-state index >= 15 is 0 Å². The van der Waals surface area contributed by atoms with Crippen LogP contribution in [0.2, 0.25) is 0 Å². The second-order valence-electron chi connectivity index (χ2n) is 7.51. The van der Waals surface area contributed by atoms with Gasteiger partial charge in [0.1, 0.15) is 5.75 Å². The van der Waals surface area contributed by atoms with E-state index < -0.39 is 4.92 Å². The number of rotatable bonds is 7. The molecule has 1 aliphatic heterocycles. The number of nitrogens with zero attached hydrogens (tertiary/aromatic N) is 2. The van der Waals surface area contributed by atoms with Crippen LogP contribution in [0, 0.1) is 17.0 Å². The number of nitrogens with one attached hydrogen (secondary N) is 1. The van der Waals surface area contributed by atoms with Gasteiger partial charge in [-0.05, 0) is 54.5 Å². The number of nitro groups is 1. The number of carbonyl (C=O) groups excluding carboxylic acids is 2. The van der Waals surface area contributed by atoms with Gasteiger partial charge >= 0.3 is 0 Å². The van der Waals surface area contributed by atoms with Gasteiger partial charge in [0.25, 0.3) is 17.5 Å². The molecule has 0 radical (unpaired) electrons. The highest BCUT2D eigenvalue weighted by Gasteiger charge is 2.33. The molecule has 0 unspecified atom stereocenters. The minimum atomic E-state index is -0.502. The van der Waals surface area contributed by atoms with Gasteiger partial charge in [-0.1, -0.05) is 54.3 Å². The highest BCUT2D eigenvalue weighted by atomic mass is 32.2. The fourth-order valence-corrected chi connectivity index (χ4v) is 4.57. The molecule has 35 heavy (non-hydrogen) atoms. The molecule has 0 atom stereocenters. The van der Waals surface area contributed by atoms with E-state index in [9.17, 15) is 19.7 Å². The zero-order valence-electron chi connectivity index (χ0n) is 18.5. The van der Waals surface area contributed by atoms with Gasteiger partial charge in [-0.25, -0.2) is 0 Å². The van der Waals surface area contributed by atoms with E-state index in [1.165, 1.54) is 29.2 Å². The lowest BCUT2D eigenvalue weighted by Crippen LogP contribution is -2.27. The number of nitro benzene ring substituents is 1. The van der Waals surface area contributed by atoms with E-state index in [-0.39, 0.29) is 24.1 Å². The Morgan fingerprint density at radius 3 is 2.46 bits per heavy atom. The Morgan fingerprint density at radius 1 is 1.11 bits per heavy atom. The van der Waals surface area contributed by atoms with Crippen LogP contribution in [-0.2, 0) is 9.59 Å². The average Bonchev–Trinajstić information content (AvgIpc) is 3.12. The number of benzene rings is 3. The Labute approximate surface area is 210 Å². The molecule has 3 aromatic rings. The van der Waals surface area contributed by atoms with Crippen molar-refractivity contribution in [2.24, 2.45) is 0 Å². The number of carbonyl (C=O) groups is 2. The fraction of sp³-hybridized carbons (Fsp3) is 0.0800. The minimum absolute atomic E-state index is 0.0651. The number of thiocarbonyl (C=S) groups is 1. The van der Waals surface area contributed by atoms with Crippen LogP contribution in [0.1, 0.15) is 11.1 Å². The van der Waals surface area contributed by atoms with Gasteiger partial charge in [-0.2, -0.15) is 0 Å². The number of para-hydroxylation sites is 1. The number of hydrogen-bond acceptors (Lipinski definition) is 7. The van der Waals surface area contributed by atoms with E-state index in [4.69, 9.17) is 17.0 Å². The standard InChI is InChI=1S/C25H19N3O5S2/c1-16-4-2-3-5-21(16)26-23(29)15-33-20-12-6-17(7-13-20)14-22-24(30)27(25(34)35-22)18-8-10-19(11-9-18)28(31)32/h2-14H,15H2,1H3,(H,26,29)/b22-14+. The predicted octanol–water partition coefficient (Wildman–Crippen LogP) is 5.33. The van der Waals surface area contributed by atoms with Crippen molar-refractivity contribution in [3.8, 4) is 5.75 Å². The van der Waals surface area contributed by atoms with Gasteiger partial charge in [0.05, 0.1) is 15.5 Å². The summed E-state index contributed by atoms with van der Waals surface area (Å²) in [5, 5.41) is 13.7. The molecule has 1 heterocycles. The molecule has 0 spiro atoms. The number of ether oxygens (including phenoxy) is 1. The molecule has 8 nitrogen and oxygen atoms in total. The Balaban J connectivity index is 1.38. The summed E-state index contributed by atoms with van der Waals surface area (Å²) in [4.78, 5) is 37.2. The van der Waals surface area contributed by atoms with E-state index in [0.717, 1.165) is 28.6 Å². The van der Waals surface area contributed by atoms with Crippen molar-refractivity contribution in [1.29, 1.82) is 0 Å². The van der Waals surface area contributed by atoms with E-state index in [1.807, 2.05) is 31.2 Å². The molecule has 3 aromatic carbocycles. The molecule has 1 fully saturated rings.